The van der Waals surface area contributed by atoms with Gasteiger partial charge in [-0.05, 0) is 54.3 Å². The average Bonchev–Trinajstić information content (AvgIpc) is 2.56. The van der Waals surface area contributed by atoms with E-state index >= 15 is 0 Å². The second-order valence-electron chi connectivity index (χ2n) is 4.84. The van der Waals surface area contributed by atoms with Crippen LogP contribution in [0.15, 0.2) is 64.7 Å². The Balaban J connectivity index is 2.37. The smallest absolute Gasteiger partial charge is 0.336 e. The lowest BCUT2D eigenvalue weighted by atomic mass is 9.97. The molecule has 2 rings (SSSR count). The van der Waals surface area contributed by atoms with Gasteiger partial charge in [0.25, 0.3) is 0 Å². The number of hydrogen-bond acceptors (Lipinski definition) is 3. The van der Waals surface area contributed by atoms with Crippen molar-refractivity contribution in [1.29, 1.82) is 0 Å². The lowest BCUT2D eigenvalue weighted by Crippen LogP contribution is -2.08. The van der Waals surface area contributed by atoms with Gasteiger partial charge in [-0.1, -0.05) is 18.2 Å². The molecule has 0 atom stereocenters. The van der Waals surface area contributed by atoms with Crippen LogP contribution in [0, 0.1) is 0 Å². The van der Waals surface area contributed by atoms with Crippen molar-refractivity contribution in [3.8, 4) is 5.75 Å². The Morgan fingerprint density at radius 3 is 2.50 bits per heavy atom. The van der Waals surface area contributed by atoms with Crippen LogP contribution in [0.5, 0.6) is 5.75 Å². The first-order chi connectivity index (χ1) is 10.7. The van der Waals surface area contributed by atoms with Crippen LogP contribution in [-0.2, 0) is 4.79 Å². The minimum atomic E-state index is -0.951. The molecular weight excluding hydrogens is 278 g/mol. The number of aliphatic imine (C=N–C) groups is 1. The third-order valence-electron chi connectivity index (χ3n) is 3.44. The van der Waals surface area contributed by atoms with Crippen LogP contribution >= 0.6 is 0 Å². The number of carboxylic acids is 1. The summed E-state index contributed by atoms with van der Waals surface area (Å²) in [6.07, 6.45) is 9.21. The van der Waals surface area contributed by atoms with E-state index in [1.54, 1.807) is 20.2 Å². The van der Waals surface area contributed by atoms with Crippen LogP contribution in [0.3, 0.4) is 0 Å². The van der Waals surface area contributed by atoms with Crippen molar-refractivity contribution in [1.82, 2.24) is 0 Å². The van der Waals surface area contributed by atoms with Crippen LogP contribution in [0.2, 0.25) is 0 Å². The molecule has 1 N–H and O–H groups in total. The zero-order valence-electron chi connectivity index (χ0n) is 12.7. The highest BCUT2D eigenvalue weighted by atomic mass is 16.5. The van der Waals surface area contributed by atoms with Gasteiger partial charge in [-0.3, -0.25) is 4.99 Å². The molecule has 0 aromatic heterocycles. The van der Waals surface area contributed by atoms with Crippen molar-refractivity contribution >= 4 is 11.7 Å². The van der Waals surface area contributed by atoms with E-state index in [0.717, 1.165) is 29.7 Å². The van der Waals surface area contributed by atoms with Crippen LogP contribution in [0.1, 0.15) is 18.4 Å². The number of allylic oxidation sites excluding steroid dienone is 4. The number of aliphatic carboxylic acids is 1. The molecule has 1 aliphatic carbocycles. The average molecular weight is 297 g/mol. The molecule has 0 radical (unpaired) electrons. The molecule has 1 aromatic rings. The minimum Gasteiger partial charge on any atom is -0.497 e. The topological polar surface area (TPSA) is 58.9 Å². The zero-order chi connectivity index (χ0) is 15.9. The van der Waals surface area contributed by atoms with E-state index in [9.17, 15) is 9.90 Å². The maximum Gasteiger partial charge on any atom is 0.336 e. The molecule has 0 bridgehead atoms. The van der Waals surface area contributed by atoms with Crippen molar-refractivity contribution in [2.75, 3.05) is 14.2 Å². The Labute approximate surface area is 130 Å². The summed E-state index contributed by atoms with van der Waals surface area (Å²) in [5.41, 5.74) is 2.46. The maximum atomic E-state index is 11.6. The van der Waals surface area contributed by atoms with Crippen LogP contribution in [0.4, 0.5) is 0 Å². The standard InChI is InChI=1S/C18H19NO3/c1-19-17(14-8-10-15(22-2)11-9-14)12-16(18(20)21)13-6-4-3-5-7-13/h4,6-12H,3,5H2,1-2H3,(H,20,21)/b16-12+,19-17?. The van der Waals surface area contributed by atoms with Gasteiger partial charge in [0.05, 0.1) is 18.4 Å². The first kappa shape index (κ1) is 15.8. The minimum absolute atomic E-state index is 0.257. The van der Waals surface area contributed by atoms with Gasteiger partial charge in [0.15, 0.2) is 0 Å². The molecule has 1 aliphatic rings. The number of carbonyl (C=O) groups is 1. The monoisotopic (exact) mass is 297 g/mol. The summed E-state index contributed by atoms with van der Waals surface area (Å²) in [5.74, 6) is -0.202. The SMILES string of the molecule is CN=C(/C=C(/C(=O)O)C1=CCCC=C1)c1ccc(OC)cc1. The second-order valence-corrected chi connectivity index (χ2v) is 4.84. The fourth-order valence-corrected chi connectivity index (χ4v) is 2.26. The molecule has 4 nitrogen and oxygen atoms in total. The Hall–Kier alpha value is -2.62. The number of ether oxygens (including phenoxy) is 1. The predicted molar refractivity (Wildman–Crippen MR) is 87.6 cm³/mol. The summed E-state index contributed by atoms with van der Waals surface area (Å²) in [7, 11) is 3.26. The normalized spacial score (nSPS) is 15.5. The number of benzene rings is 1. The molecule has 114 valence electrons. The third-order valence-corrected chi connectivity index (χ3v) is 3.44. The van der Waals surface area contributed by atoms with Gasteiger partial charge in [0.1, 0.15) is 5.75 Å². The summed E-state index contributed by atoms with van der Waals surface area (Å²) in [5, 5.41) is 9.48. The maximum absolute atomic E-state index is 11.6. The van der Waals surface area contributed by atoms with Gasteiger partial charge in [0, 0.05) is 7.05 Å². The highest BCUT2D eigenvalue weighted by Crippen LogP contribution is 2.20. The van der Waals surface area contributed by atoms with Gasteiger partial charge in [-0.15, -0.1) is 0 Å². The lowest BCUT2D eigenvalue weighted by molar-refractivity contribution is -0.132. The number of hydrogen-bond donors (Lipinski definition) is 1. The predicted octanol–water partition coefficient (Wildman–Crippen LogP) is 3.40. The first-order valence-electron chi connectivity index (χ1n) is 7.09. The van der Waals surface area contributed by atoms with Crippen molar-refractivity contribution in [2.24, 2.45) is 4.99 Å². The van der Waals surface area contributed by atoms with E-state index in [2.05, 4.69) is 4.99 Å². The van der Waals surface area contributed by atoms with Crippen molar-refractivity contribution in [3.05, 3.63) is 65.3 Å². The second kappa shape index (κ2) is 7.41. The Bertz CT molecular complexity index is 664. The highest BCUT2D eigenvalue weighted by Gasteiger charge is 2.14. The van der Waals surface area contributed by atoms with E-state index in [-0.39, 0.29) is 5.57 Å². The van der Waals surface area contributed by atoms with E-state index in [1.807, 2.05) is 42.5 Å². The molecule has 0 fully saturated rings. The fraction of sp³-hybridized carbons (Fsp3) is 0.222. The zero-order valence-corrected chi connectivity index (χ0v) is 12.7. The van der Waals surface area contributed by atoms with Gasteiger partial charge < -0.3 is 9.84 Å². The van der Waals surface area contributed by atoms with Crippen LogP contribution < -0.4 is 4.74 Å². The molecule has 0 saturated carbocycles. The summed E-state index contributed by atoms with van der Waals surface area (Å²) in [6, 6.07) is 7.38. The molecule has 22 heavy (non-hydrogen) atoms. The van der Waals surface area contributed by atoms with Gasteiger partial charge in [-0.2, -0.15) is 0 Å². The number of carboxylic acid groups (broad SMARTS) is 1. The summed E-state index contributed by atoms with van der Waals surface area (Å²) in [6.45, 7) is 0. The Kier molecular flexibility index (Phi) is 5.31. The van der Waals surface area contributed by atoms with Gasteiger partial charge in [-0.25, -0.2) is 4.79 Å². The molecule has 0 saturated heterocycles. The highest BCUT2D eigenvalue weighted by molar-refractivity contribution is 6.13. The molecule has 0 aliphatic heterocycles. The van der Waals surface area contributed by atoms with Gasteiger partial charge >= 0.3 is 5.97 Å². The van der Waals surface area contributed by atoms with Crippen molar-refractivity contribution < 1.29 is 14.6 Å². The summed E-state index contributed by atoms with van der Waals surface area (Å²) in [4.78, 5) is 15.8. The number of rotatable bonds is 5. The largest absolute Gasteiger partial charge is 0.497 e. The van der Waals surface area contributed by atoms with Gasteiger partial charge in [0.2, 0.25) is 0 Å². The molecule has 0 spiro atoms. The lowest BCUT2D eigenvalue weighted by Gasteiger charge is -2.09. The molecule has 0 heterocycles. The van der Waals surface area contributed by atoms with E-state index < -0.39 is 5.97 Å². The third kappa shape index (κ3) is 3.73. The van der Waals surface area contributed by atoms with Crippen LogP contribution in [0.25, 0.3) is 0 Å². The van der Waals surface area contributed by atoms with Crippen LogP contribution in [-0.4, -0.2) is 30.9 Å². The fourth-order valence-electron chi connectivity index (χ4n) is 2.26. The van der Waals surface area contributed by atoms with Crippen molar-refractivity contribution in [3.63, 3.8) is 0 Å². The van der Waals surface area contributed by atoms with Crippen molar-refractivity contribution in [2.45, 2.75) is 12.8 Å². The first-order valence-corrected chi connectivity index (χ1v) is 7.09. The Morgan fingerprint density at radius 2 is 2.00 bits per heavy atom. The molecule has 1 aromatic carbocycles. The van der Waals surface area contributed by atoms with E-state index in [1.165, 1.54) is 0 Å². The molecular formula is C18H19NO3. The van der Waals surface area contributed by atoms with E-state index in [0.29, 0.717) is 5.71 Å². The summed E-state index contributed by atoms with van der Waals surface area (Å²) < 4.78 is 5.13. The molecule has 0 unspecified atom stereocenters. The summed E-state index contributed by atoms with van der Waals surface area (Å²) >= 11 is 0. The molecule has 0 amide bonds. The number of nitrogens with zero attached hydrogens (tertiary/aromatic N) is 1. The Morgan fingerprint density at radius 1 is 1.27 bits per heavy atom. The molecule has 4 heteroatoms. The quantitative estimate of drug-likeness (QED) is 0.669. The van der Waals surface area contributed by atoms with E-state index in [4.69, 9.17) is 4.74 Å². The number of methoxy groups -OCH3 is 1.